The summed E-state index contributed by atoms with van der Waals surface area (Å²) in [4.78, 5) is 27.9. The van der Waals surface area contributed by atoms with Gasteiger partial charge in [-0.15, -0.1) is 0 Å². The van der Waals surface area contributed by atoms with Crippen molar-refractivity contribution in [3.8, 4) is 11.4 Å². The quantitative estimate of drug-likeness (QED) is 0.462. The van der Waals surface area contributed by atoms with Crippen LogP contribution in [0.15, 0.2) is 24.7 Å². The fourth-order valence-electron chi connectivity index (χ4n) is 3.83. The Morgan fingerprint density at radius 2 is 2.16 bits per heavy atom. The number of aromatic amines is 1. The summed E-state index contributed by atoms with van der Waals surface area (Å²) in [7, 11) is 0. The monoisotopic (exact) mass is 446 g/mol. The molecule has 1 fully saturated rings. The van der Waals surface area contributed by atoms with Gasteiger partial charge in [-0.2, -0.15) is 0 Å². The van der Waals surface area contributed by atoms with Crippen molar-refractivity contribution in [1.82, 2.24) is 25.3 Å². The van der Waals surface area contributed by atoms with Gasteiger partial charge in [0.1, 0.15) is 5.65 Å². The number of aromatic nitrogens is 4. The Kier molecular flexibility index (Phi) is 6.33. The molecule has 1 unspecified atom stereocenters. The van der Waals surface area contributed by atoms with E-state index in [-0.39, 0.29) is 30.4 Å². The number of H-pyrrole nitrogens is 1. The van der Waals surface area contributed by atoms with E-state index in [2.05, 4.69) is 30.6 Å². The Balaban J connectivity index is 1.51. The topological polar surface area (TPSA) is 116 Å². The molecule has 8 nitrogen and oxygen atoms in total. The standard InChI is InChI=1S/C21H24ClFN6O2/c1-11(10-30)21(31)28-14-4-2-3-13(6-14)27-20-17(23)9-26-19(29-20)16-8-25-18-15(16)5-12(22)7-24-18/h5,7-9,11,13-14,30H,2-4,6,10H2,1H3,(H,24,25)(H,28,31)(H,26,27,29)/t11?,13-,14+/m0/s1. The number of halogens is 2. The maximum atomic E-state index is 14.5. The van der Waals surface area contributed by atoms with Crippen molar-refractivity contribution < 1.29 is 14.3 Å². The van der Waals surface area contributed by atoms with Crippen LogP contribution in [0.2, 0.25) is 5.02 Å². The van der Waals surface area contributed by atoms with E-state index in [9.17, 15) is 9.18 Å². The van der Waals surface area contributed by atoms with Gasteiger partial charge in [0.05, 0.1) is 23.7 Å². The number of carbonyl (C=O) groups excluding carboxylic acids is 1. The van der Waals surface area contributed by atoms with Crippen molar-refractivity contribution >= 4 is 34.4 Å². The highest BCUT2D eigenvalue weighted by molar-refractivity contribution is 6.31. The lowest BCUT2D eigenvalue weighted by molar-refractivity contribution is -0.126. The van der Waals surface area contributed by atoms with E-state index in [1.807, 2.05) is 0 Å². The first-order chi connectivity index (χ1) is 14.9. The molecule has 3 aromatic heterocycles. The number of anilines is 1. The molecule has 1 aliphatic carbocycles. The highest BCUT2D eigenvalue weighted by Crippen LogP contribution is 2.29. The zero-order valence-corrected chi connectivity index (χ0v) is 17.8. The van der Waals surface area contributed by atoms with Gasteiger partial charge in [0.2, 0.25) is 5.91 Å². The average Bonchev–Trinajstić information content (AvgIpc) is 3.18. The predicted octanol–water partition coefficient (Wildman–Crippen LogP) is 3.28. The number of carbonyl (C=O) groups is 1. The summed E-state index contributed by atoms with van der Waals surface area (Å²) < 4.78 is 14.5. The molecule has 1 amide bonds. The lowest BCUT2D eigenvalue weighted by Crippen LogP contribution is -2.44. The second-order valence-electron chi connectivity index (χ2n) is 7.94. The molecule has 10 heteroatoms. The molecule has 0 bridgehead atoms. The highest BCUT2D eigenvalue weighted by atomic mass is 35.5. The third-order valence-corrected chi connectivity index (χ3v) is 5.77. The molecule has 4 N–H and O–H groups in total. The summed E-state index contributed by atoms with van der Waals surface area (Å²) in [6, 6.07) is 1.69. The van der Waals surface area contributed by atoms with Gasteiger partial charge in [0.25, 0.3) is 0 Å². The summed E-state index contributed by atoms with van der Waals surface area (Å²) in [6.45, 7) is 1.49. The van der Waals surface area contributed by atoms with Gasteiger partial charge in [0, 0.05) is 35.4 Å². The number of nitrogens with zero attached hydrogens (tertiary/aromatic N) is 3. The lowest BCUT2D eigenvalue weighted by atomic mass is 9.90. The molecule has 0 saturated heterocycles. The SMILES string of the molecule is CC(CO)C(=O)N[C@@H]1CCC[C@H](Nc2nc(-c3c[nH]c4ncc(Cl)cc34)ncc2F)C1. The molecular weight excluding hydrogens is 423 g/mol. The molecule has 0 spiro atoms. The van der Waals surface area contributed by atoms with Crippen LogP contribution < -0.4 is 10.6 Å². The Labute approximate surface area is 183 Å². The largest absolute Gasteiger partial charge is 0.396 e. The van der Waals surface area contributed by atoms with Crippen LogP contribution in [0, 0.1) is 11.7 Å². The Morgan fingerprint density at radius 3 is 2.97 bits per heavy atom. The molecule has 31 heavy (non-hydrogen) atoms. The maximum absolute atomic E-state index is 14.5. The molecule has 3 aromatic rings. The van der Waals surface area contributed by atoms with Crippen LogP contribution in [-0.4, -0.2) is 49.6 Å². The number of hydrogen-bond acceptors (Lipinski definition) is 6. The van der Waals surface area contributed by atoms with Crippen molar-refractivity contribution in [2.45, 2.75) is 44.7 Å². The smallest absolute Gasteiger partial charge is 0.225 e. The third kappa shape index (κ3) is 4.77. The molecule has 0 aliphatic heterocycles. The fraction of sp³-hybridized carbons (Fsp3) is 0.429. The summed E-state index contributed by atoms with van der Waals surface area (Å²) in [5.74, 6) is -0.684. The number of fused-ring (bicyclic) bond motifs is 1. The van der Waals surface area contributed by atoms with E-state index in [1.165, 1.54) is 0 Å². The first kappa shape index (κ1) is 21.5. The van der Waals surface area contributed by atoms with Gasteiger partial charge >= 0.3 is 0 Å². The molecule has 0 radical (unpaired) electrons. The summed E-state index contributed by atoms with van der Waals surface area (Å²) in [6.07, 6.45) is 7.64. The minimum Gasteiger partial charge on any atom is -0.396 e. The van der Waals surface area contributed by atoms with Crippen LogP contribution in [0.3, 0.4) is 0 Å². The number of pyridine rings is 1. The molecular formula is C21H24ClFN6O2. The van der Waals surface area contributed by atoms with E-state index in [0.717, 1.165) is 30.8 Å². The van der Waals surface area contributed by atoms with Crippen molar-refractivity contribution in [2.75, 3.05) is 11.9 Å². The van der Waals surface area contributed by atoms with E-state index in [4.69, 9.17) is 16.7 Å². The second-order valence-corrected chi connectivity index (χ2v) is 8.38. The Bertz CT molecular complexity index is 1090. The zero-order chi connectivity index (χ0) is 22.0. The van der Waals surface area contributed by atoms with Crippen molar-refractivity contribution in [2.24, 2.45) is 5.92 Å². The van der Waals surface area contributed by atoms with E-state index < -0.39 is 11.7 Å². The Hall–Kier alpha value is -2.78. The van der Waals surface area contributed by atoms with Gasteiger partial charge in [-0.3, -0.25) is 4.79 Å². The van der Waals surface area contributed by atoms with E-state index in [0.29, 0.717) is 28.5 Å². The van der Waals surface area contributed by atoms with Crippen molar-refractivity contribution in [1.29, 1.82) is 0 Å². The molecule has 1 saturated carbocycles. The fourth-order valence-corrected chi connectivity index (χ4v) is 3.99. The van der Waals surface area contributed by atoms with E-state index >= 15 is 0 Å². The van der Waals surface area contributed by atoms with Crippen LogP contribution in [0.1, 0.15) is 32.6 Å². The maximum Gasteiger partial charge on any atom is 0.225 e. The van der Waals surface area contributed by atoms with Crippen molar-refractivity contribution in [3.63, 3.8) is 0 Å². The summed E-state index contributed by atoms with van der Waals surface area (Å²) >= 11 is 6.07. The molecule has 164 valence electrons. The molecule has 3 heterocycles. The number of aliphatic hydroxyl groups is 1. The first-order valence-corrected chi connectivity index (χ1v) is 10.7. The van der Waals surface area contributed by atoms with Gasteiger partial charge in [-0.05, 0) is 31.7 Å². The normalized spacial score (nSPS) is 19.9. The van der Waals surface area contributed by atoms with Crippen LogP contribution in [0.4, 0.5) is 10.2 Å². The lowest BCUT2D eigenvalue weighted by Gasteiger charge is -2.31. The molecule has 1 aliphatic rings. The molecule has 3 atom stereocenters. The van der Waals surface area contributed by atoms with Crippen LogP contribution >= 0.6 is 11.6 Å². The second kappa shape index (κ2) is 9.15. The predicted molar refractivity (Wildman–Crippen MR) is 116 cm³/mol. The summed E-state index contributed by atoms with van der Waals surface area (Å²) in [5, 5.41) is 16.5. The van der Waals surface area contributed by atoms with E-state index in [1.54, 1.807) is 25.4 Å². The van der Waals surface area contributed by atoms with Crippen LogP contribution in [-0.2, 0) is 4.79 Å². The molecule has 0 aromatic carbocycles. The number of hydrogen-bond donors (Lipinski definition) is 4. The zero-order valence-electron chi connectivity index (χ0n) is 17.0. The number of aliphatic hydroxyl groups excluding tert-OH is 1. The third-order valence-electron chi connectivity index (χ3n) is 5.57. The van der Waals surface area contributed by atoms with Gasteiger partial charge in [-0.25, -0.2) is 19.3 Å². The minimum absolute atomic E-state index is 0.0287. The molecule has 4 rings (SSSR count). The van der Waals surface area contributed by atoms with Gasteiger partial charge < -0.3 is 20.7 Å². The van der Waals surface area contributed by atoms with Gasteiger partial charge in [-0.1, -0.05) is 18.5 Å². The first-order valence-electron chi connectivity index (χ1n) is 10.3. The Morgan fingerprint density at radius 1 is 1.35 bits per heavy atom. The van der Waals surface area contributed by atoms with Crippen molar-refractivity contribution in [3.05, 3.63) is 35.5 Å². The van der Waals surface area contributed by atoms with Gasteiger partial charge in [0.15, 0.2) is 17.5 Å². The average molecular weight is 447 g/mol. The number of rotatable bonds is 6. The number of amides is 1. The minimum atomic E-state index is -0.542. The number of nitrogens with one attached hydrogen (secondary N) is 3. The van der Waals surface area contributed by atoms with Crippen LogP contribution in [0.5, 0.6) is 0 Å². The summed E-state index contributed by atoms with van der Waals surface area (Å²) in [5.41, 5.74) is 1.32. The highest BCUT2D eigenvalue weighted by Gasteiger charge is 2.26. The van der Waals surface area contributed by atoms with Crippen LogP contribution in [0.25, 0.3) is 22.4 Å².